The van der Waals surface area contributed by atoms with Crippen molar-refractivity contribution in [1.82, 2.24) is 15.1 Å². The molecule has 0 radical (unpaired) electrons. The van der Waals surface area contributed by atoms with Crippen molar-refractivity contribution >= 4 is 5.96 Å². The molecule has 5 nitrogen and oxygen atoms in total. The van der Waals surface area contributed by atoms with Crippen molar-refractivity contribution in [1.29, 1.82) is 0 Å². The van der Waals surface area contributed by atoms with Gasteiger partial charge in [0.2, 0.25) is 0 Å². The summed E-state index contributed by atoms with van der Waals surface area (Å²) in [5, 5.41) is 3.43. The van der Waals surface area contributed by atoms with E-state index in [1.54, 1.807) is 0 Å². The van der Waals surface area contributed by atoms with E-state index in [1.165, 1.54) is 5.56 Å². The zero-order chi connectivity index (χ0) is 18.8. The van der Waals surface area contributed by atoms with Crippen LogP contribution in [0, 0.1) is 0 Å². The number of para-hydroxylation sites is 1. The second-order valence-corrected chi connectivity index (χ2v) is 6.63. The maximum atomic E-state index is 5.93. The molecule has 0 amide bonds. The average molecular weight is 354 g/mol. The first-order chi connectivity index (χ1) is 12.6. The first-order valence-corrected chi connectivity index (χ1v) is 8.91. The Morgan fingerprint density at radius 3 is 2.35 bits per heavy atom. The van der Waals surface area contributed by atoms with Crippen LogP contribution >= 0.6 is 0 Å². The van der Waals surface area contributed by atoms with E-state index in [0.29, 0.717) is 19.7 Å². The molecular weight excluding hydrogens is 324 g/mol. The first-order valence-electron chi connectivity index (χ1n) is 8.91. The molecule has 0 atom stereocenters. The van der Waals surface area contributed by atoms with Gasteiger partial charge in [-0.1, -0.05) is 48.5 Å². The molecule has 2 rings (SSSR count). The Morgan fingerprint density at radius 1 is 0.962 bits per heavy atom. The molecule has 0 saturated carbocycles. The van der Waals surface area contributed by atoms with Crippen LogP contribution in [0.5, 0.6) is 5.75 Å². The van der Waals surface area contributed by atoms with Gasteiger partial charge in [0.05, 0.1) is 6.54 Å². The predicted molar refractivity (Wildman–Crippen MR) is 109 cm³/mol. The normalized spacial score (nSPS) is 11.5. The molecule has 0 saturated heterocycles. The Labute approximate surface area is 157 Å². The molecule has 0 aliphatic rings. The molecular formula is C21H30N4O. The lowest BCUT2D eigenvalue weighted by atomic mass is 10.2. The van der Waals surface area contributed by atoms with Gasteiger partial charge in [0, 0.05) is 32.7 Å². The maximum Gasteiger partial charge on any atom is 0.194 e. The Hall–Kier alpha value is -2.53. The van der Waals surface area contributed by atoms with Gasteiger partial charge in [0.25, 0.3) is 0 Å². The average Bonchev–Trinajstić information content (AvgIpc) is 2.63. The van der Waals surface area contributed by atoms with Crippen molar-refractivity contribution in [3.8, 4) is 5.75 Å². The van der Waals surface area contributed by atoms with E-state index in [0.717, 1.165) is 23.8 Å². The van der Waals surface area contributed by atoms with Crippen molar-refractivity contribution < 1.29 is 4.74 Å². The van der Waals surface area contributed by atoms with Crippen molar-refractivity contribution in [2.24, 2.45) is 4.99 Å². The molecule has 26 heavy (non-hydrogen) atoms. The van der Waals surface area contributed by atoms with Gasteiger partial charge in [-0.2, -0.15) is 0 Å². The van der Waals surface area contributed by atoms with E-state index in [-0.39, 0.29) is 0 Å². The number of likely N-dealkylation sites (N-methyl/N-ethyl adjacent to an activating group) is 1. The number of aliphatic imine (C=N–C) groups is 1. The SMILES string of the molecule is CN(C)CCOc1ccccc1CNC(=NCc1ccccc1)N(C)C. The topological polar surface area (TPSA) is 40.1 Å². The molecule has 2 aromatic rings. The zero-order valence-corrected chi connectivity index (χ0v) is 16.3. The predicted octanol–water partition coefficient (Wildman–Crippen LogP) is 2.83. The Balaban J connectivity index is 1.98. The largest absolute Gasteiger partial charge is 0.492 e. The van der Waals surface area contributed by atoms with Crippen LogP contribution < -0.4 is 10.1 Å². The summed E-state index contributed by atoms with van der Waals surface area (Å²) in [4.78, 5) is 8.82. The molecule has 0 aromatic heterocycles. The van der Waals surface area contributed by atoms with Crippen molar-refractivity contribution in [2.75, 3.05) is 41.3 Å². The maximum absolute atomic E-state index is 5.93. The summed E-state index contributed by atoms with van der Waals surface area (Å²) in [7, 11) is 8.08. The summed E-state index contributed by atoms with van der Waals surface area (Å²) < 4.78 is 5.93. The summed E-state index contributed by atoms with van der Waals surface area (Å²) in [5.41, 5.74) is 2.32. The molecule has 0 heterocycles. The van der Waals surface area contributed by atoms with Crippen molar-refractivity contribution in [2.45, 2.75) is 13.1 Å². The fraction of sp³-hybridized carbons (Fsp3) is 0.381. The molecule has 0 bridgehead atoms. The quantitative estimate of drug-likeness (QED) is 0.585. The highest BCUT2D eigenvalue weighted by atomic mass is 16.5. The minimum absolute atomic E-state index is 0.655. The molecule has 5 heteroatoms. The number of guanidine groups is 1. The smallest absolute Gasteiger partial charge is 0.194 e. The van der Waals surface area contributed by atoms with Gasteiger partial charge in [-0.3, -0.25) is 0 Å². The van der Waals surface area contributed by atoms with E-state index in [2.05, 4.69) is 28.4 Å². The molecule has 140 valence electrons. The van der Waals surface area contributed by atoms with Crippen LogP contribution in [-0.2, 0) is 13.1 Å². The lowest BCUT2D eigenvalue weighted by molar-refractivity contribution is 0.259. The highest BCUT2D eigenvalue weighted by Gasteiger charge is 2.06. The summed E-state index contributed by atoms with van der Waals surface area (Å²) in [6.45, 7) is 2.89. The Kier molecular flexibility index (Phi) is 7.96. The van der Waals surface area contributed by atoms with E-state index >= 15 is 0 Å². The monoisotopic (exact) mass is 354 g/mol. The van der Waals surface area contributed by atoms with Crippen LogP contribution in [-0.4, -0.2) is 57.1 Å². The summed E-state index contributed by atoms with van der Waals surface area (Å²) in [6.07, 6.45) is 0. The third kappa shape index (κ3) is 6.76. The van der Waals surface area contributed by atoms with Gasteiger partial charge in [-0.05, 0) is 25.7 Å². The van der Waals surface area contributed by atoms with Gasteiger partial charge < -0.3 is 19.9 Å². The van der Waals surface area contributed by atoms with Crippen molar-refractivity contribution in [3.63, 3.8) is 0 Å². The number of rotatable bonds is 8. The van der Waals surface area contributed by atoms with Gasteiger partial charge in [0.1, 0.15) is 12.4 Å². The Bertz CT molecular complexity index is 683. The van der Waals surface area contributed by atoms with E-state index in [9.17, 15) is 0 Å². The van der Waals surface area contributed by atoms with E-state index < -0.39 is 0 Å². The number of nitrogens with zero attached hydrogens (tertiary/aromatic N) is 3. The summed E-state index contributed by atoms with van der Waals surface area (Å²) >= 11 is 0. The number of nitrogens with one attached hydrogen (secondary N) is 1. The number of ether oxygens (including phenoxy) is 1. The second-order valence-electron chi connectivity index (χ2n) is 6.63. The van der Waals surface area contributed by atoms with Crippen LogP contribution in [0.25, 0.3) is 0 Å². The van der Waals surface area contributed by atoms with Crippen LogP contribution in [0.1, 0.15) is 11.1 Å². The molecule has 0 aliphatic heterocycles. The van der Waals surface area contributed by atoms with Gasteiger partial charge in [-0.25, -0.2) is 4.99 Å². The molecule has 0 spiro atoms. The third-order valence-electron chi connectivity index (χ3n) is 3.88. The lowest BCUT2D eigenvalue weighted by Crippen LogP contribution is -2.36. The van der Waals surface area contributed by atoms with Crippen LogP contribution in [0.4, 0.5) is 0 Å². The molecule has 0 unspecified atom stereocenters. The van der Waals surface area contributed by atoms with Gasteiger partial charge >= 0.3 is 0 Å². The number of hydrogen-bond donors (Lipinski definition) is 1. The summed E-state index contributed by atoms with van der Waals surface area (Å²) in [5.74, 6) is 1.78. The fourth-order valence-electron chi connectivity index (χ4n) is 2.41. The highest BCUT2D eigenvalue weighted by Crippen LogP contribution is 2.17. The number of hydrogen-bond acceptors (Lipinski definition) is 3. The second kappa shape index (κ2) is 10.5. The van der Waals surface area contributed by atoms with Crippen LogP contribution in [0.2, 0.25) is 0 Å². The molecule has 1 N–H and O–H groups in total. The highest BCUT2D eigenvalue weighted by molar-refractivity contribution is 5.79. The van der Waals surface area contributed by atoms with Crippen LogP contribution in [0.3, 0.4) is 0 Å². The number of benzene rings is 2. The standard InChI is InChI=1S/C21H30N4O/c1-24(2)14-15-26-20-13-9-8-12-19(20)17-23-21(25(3)4)22-16-18-10-6-5-7-11-18/h5-13H,14-17H2,1-4H3,(H,22,23). The third-order valence-corrected chi connectivity index (χ3v) is 3.88. The van der Waals surface area contributed by atoms with Gasteiger partial charge in [0.15, 0.2) is 5.96 Å². The molecule has 0 fully saturated rings. The van der Waals surface area contributed by atoms with Gasteiger partial charge in [-0.15, -0.1) is 0 Å². The lowest BCUT2D eigenvalue weighted by Gasteiger charge is -2.19. The fourth-order valence-corrected chi connectivity index (χ4v) is 2.41. The minimum atomic E-state index is 0.655. The first kappa shape index (κ1) is 19.8. The summed E-state index contributed by atoms with van der Waals surface area (Å²) in [6, 6.07) is 18.4. The molecule has 2 aromatic carbocycles. The van der Waals surface area contributed by atoms with Crippen molar-refractivity contribution in [3.05, 3.63) is 65.7 Å². The van der Waals surface area contributed by atoms with E-state index in [4.69, 9.17) is 9.73 Å². The van der Waals surface area contributed by atoms with Crippen LogP contribution in [0.15, 0.2) is 59.6 Å². The zero-order valence-electron chi connectivity index (χ0n) is 16.3. The Morgan fingerprint density at radius 2 is 1.65 bits per heavy atom. The van der Waals surface area contributed by atoms with E-state index in [1.807, 2.05) is 69.5 Å². The molecule has 0 aliphatic carbocycles. The minimum Gasteiger partial charge on any atom is -0.492 e.